The molecular formula is C9H16O7. The van der Waals surface area contributed by atoms with E-state index < -0.39 is 37.5 Å². The molecule has 0 aromatic carbocycles. The molecule has 7 heteroatoms. The van der Waals surface area contributed by atoms with Gasteiger partial charge in [0.1, 0.15) is 0 Å². The van der Waals surface area contributed by atoms with E-state index in [1.54, 1.807) is 0 Å². The van der Waals surface area contributed by atoms with Crippen molar-refractivity contribution in [2.45, 2.75) is 32.2 Å². The van der Waals surface area contributed by atoms with Gasteiger partial charge in [-0.25, -0.2) is 0 Å². The van der Waals surface area contributed by atoms with Gasteiger partial charge in [-0.3, -0.25) is 9.59 Å². The normalized spacial score (nSPS) is 14.0. The minimum atomic E-state index is -1.54. The average Bonchev–Trinajstić information content (AvgIpc) is 2.27. The quantitative estimate of drug-likeness (QED) is 0.366. The van der Waals surface area contributed by atoms with Crippen molar-refractivity contribution in [2.75, 3.05) is 13.2 Å². The second-order valence-electron chi connectivity index (χ2n) is 2.93. The van der Waals surface area contributed by atoms with Crippen molar-refractivity contribution in [1.82, 2.24) is 0 Å². The summed E-state index contributed by atoms with van der Waals surface area (Å²) in [6, 6.07) is 0. The van der Waals surface area contributed by atoms with E-state index in [0.29, 0.717) is 0 Å². The van der Waals surface area contributed by atoms with Gasteiger partial charge in [0.15, 0.2) is 6.10 Å². The zero-order valence-electron chi connectivity index (χ0n) is 8.96. The molecule has 0 rings (SSSR count). The summed E-state index contributed by atoms with van der Waals surface area (Å²) in [5.41, 5.74) is 0. The lowest BCUT2D eigenvalue weighted by atomic mass is 10.3. The van der Waals surface area contributed by atoms with E-state index >= 15 is 0 Å². The van der Waals surface area contributed by atoms with Crippen LogP contribution < -0.4 is 0 Å². The van der Waals surface area contributed by atoms with E-state index in [1.165, 1.54) is 6.92 Å². The van der Waals surface area contributed by atoms with Gasteiger partial charge < -0.3 is 24.8 Å². The number of aliphatic hydroxyl groups is 3. The Labute approximate surface area is 92.6 Å². The Balaban J connectivity index is 4.31. The smallest absolute Gasteiger partial charge is 0.311 e. The summed E-state index contributed by atoms with van der Waals surface area (Å²) in [5, 5.41) is 26.3. The molecule has 7 nitrogen and oxygen atoms in total. The van der Waals surface area contributed by atoms with E-state index in [-0.39, 0.29) is 12.8 Å². The van der Waals surface area contributed by atoms with E-state index in [9.17, 15) is 14.7 Å². The van der Waals surface area contributed by atoms with Crippen LogP contribution in [0.5, 0.6) is 0 Å². The first kappa shape index (κ1) is 14.8. The predicted molar refractivity (Wildman–Crippen MR) is 51.1 cm³/mol. The Hall–Kier alpha value is -1.18. The molecule has 2 atom stereocenters. The fourth-order valence-corrected chi connectivity index (χ4v) is 0.760. The van der Waals surface area contributed by atoms with Gasteiger partial charge in [0.25, 0.3) is 6.29 Å². The number of rotatable bonds is 7. The molecule has 0 aromatic heterocycles. The number of esters is 2. The molecule has 0 aromatic rings. The third kappa shape index (κ3) is 5.64. The number of ether oxygens (including phenoxy) is 2. The minimum absolute atomic E-state index is 0.0478. The van der Waals surface area contributed by atoms with E-state index in [2.05, 4.69) is 9.47 Å². The average molecular weight is 236 g/mol. The third-order valence-corrected chi connectivity index (χ3v) is 1.60. The number of carbonyl (C=O) groups is 2. The maximum Gasteiger partial charge on any atom is 0.311 e. The van der Waals surface area contributed by atoms with Gasteiger partial charge >= 0.3 is 11.9 Å². The van der Waals surface area contributed by atoms with Crippen molar-refractivity contribution in [3.63, 3.8) is 0 Å². The lowest BCUT2D eigenvalue weighted by molar-refractivity contribution is -0.210. The molecule has 0 heterocycles. The van der Waals surface area contributed by atoms with Crippen LogP contribution >= 0.6 is 0 Å². The van der Waals surface area contributed by atoms with Crippen molar-refractivity contribution < 1.29 is 34.4 Å². The summed E-state index contributed by atoms with van der Waals surface area (Å²) >= 11 is 0. The van der Waals surface area contributed by atoms with Crippen molar-refractivity contribution in [3.05, 3.63) is 0 Å². The molecule has 0 bridgehead atoms. The lowest BCUT2D eigenvalue weighted by Crippen LogP contribution is -2.38. The minimum Gasteiger partial charge on any atom is -0.422 e. The van der Waals surface area contributed by atoms with Crippen LogP contribution in [0.3, 0.4) is 0 Å². The maximum atomic E-state index is 11.0. The molecule has 16 heavy (non-hydrogen) atoms. The summed E-state index contributed by atoms with van der Waals surface area (Å²) < 4.78 is 9.16. The molecule has 0 aliphatic carbocycles. The predicted octanol–water partition coefficient (Wildman–Crippen LogP) is -1.46. The SMILES string of the molecule is CCC(=O)OC(OC(=O)CCO)C(O)CO. The maximum absolute atomic E-state index is 11.0. The Bertz CT molecular complexity index is 228. The third-order valence-electron chi connectivity index (χ3n) is 1.60. The van der Waals surface area contributed by atoms with E-state index in [0.717, 1.165) is 0 Å². The highest BCUT2D eigenvalue weighted by molar-refractivity contribution is 5.71. The Kier molecular flexibility index (Phi) is 7.44. The van der Waals surface area contributed by atoms with Crippen LogP contribution in [-0.4, -0.2) is 52.9 Å². The topological polar surface area (TPSA) is 113 Å². The molecule has 0 aliphatic heterocycles. The van der Waals surface area contributed by atoms with Crippen LogP contribution in [0.2, 0.25) is 0 Å². The van der Waals surface area contributed by atoms with Gasteiger partial charge in [0.2, 0.25) is 0 Å². The molecule has 0 amide bonds. The van der Waals surface area contributed by atoms with Gasteiger partial charge in [-0.05, 0) is 0 Å². The molecule has 0 aliphatic rings. The first-order valence-electron chi connectivity index (χ1n) is 4.83. The highest BCUT2D eigenvalue weighted by Gasteiger charge is 2.26. The van der Waals surface area contributed by atoms with Gasteiger partial charge in [-0.2, -0.15) is 0 Å². The summed E-state index contributed by atoms with van der Waals surface area (Å²) in [6.07, 6.45) is -3.28. The highest BCUT2D eigenvalue weighted by Crippen LogP contribution is 2.05. The molecule has 0 saturated carbocycles. The van der Waals surface area contributed by atoms with Gasteiger partial charge in [-0.15, -0.1) is 0 Å². The number of aliphatic hydroxyl groups excluding tert-OH is 3. The van der Waals surface area contributed by atoms with E-state index in [1.807, 2.05) is 0 Å². The summed E-state index contributed by atoms with van der Waals surface area (Å²) in [5.74, 6) is -1.50. The fraction of sp³-hybridized carbons (Fsp3) is 0.778. The molecule has 0 spiro atoms. The Morgan fingerprint density at radius 3 is 2.19 bits per heavy atom. The van der Waals surface area contributed by atoms with Gasteiger partial charge in [-0.1, -0.05) is 6.92 Å². The second-order valence-corrected chi connectivity index (χ2v) is 2.93. The molecule has 0 radical (unpaired) electrons. The van der Waals surface area contributed by atoms with Gasteiger partial charge in [0, 0.05) is 6.42 Å². The van der Waals surface area contributed by atoms with Crippen LogP contribution in [0.15, 0.2) is 0 Å². The zero-order chi connectivity index (χ0) is 12.6. The number of hydrogen-bond acceptors (Lipinski definition) is 7. The molecule has 3 N–H and O–H groups in total. The lowest BCUT2D eigenvalue weighted by Gasteiger charge is -2.21. The summed E-state index contributed by atoms with van der Waals surface area (Å²) in [6.45, 7) is 0.400. The Morgan fingerprint density at radius 2 is 1.75 bits per heavy atom. The first-order valence-corrected chi connectivity index (χ1v) is 4.83. The number of hydrogen-bond donors (Lipinski definition) is 3. The van der Waals surface area contributed by atoms with Crippen molar-refractivity contribution >= 4 is 11.9 Å². The van der Waals surface area contributed by atoms with Crippen molar-refractivity contribution in [1.29, 1.82) is 0 Å². The molecule has 0 saturated heterocycles. The summed E-state index contributed by atoms with van der Waals surface area (Å²) in [7, 11) is 0. The van der Waals surface area contributed by atoms with Gasteiger partial charge in [0.05, 0.1) is 19.6 Å². The standard InChI is InChI=1S/C9H16O7/c1-2-7(13)15-9(6(12)5-11)16-8(14)3-4-10/h6,9-12H,2-5H2,1H3. The largest absolute Gasteiger partial charge is 0.422 e. The van der Waals surface area contributed by atoms with E-state index in [4.69, 9.17) is 10.2 Å². The Morgan fingerprint density at radius 1 is 1.19 bits per heavy atom. The number of carbonyl (C=O) groups excluding carboxylic acids is 2. The molecular weight excluding hydrogens is 220 g/mol. The highest BCUT2D eigenvalue weighted by atomic mass is 16.7. The van der Waals surface area contributed by atoms with Crippen molar-refractivity contribution in [2.24, 2.45) is 0 Å². The molecule has 94 valence electrons. The molecule has 0 fully saturated rings. The second kappa shape index (κ2) is 8.03. The van der Waals surface area contributed by atoms with Crippen LogP contribution in [-0.2, 0) is 19.1 Å². The van der Waals surface area contributed by atoms with Crippen LogP contribution in [0.1, 0.15) is 19.8 Å². The molecule has 2 unspecified atom stereocenters. The summed E-state index contributed by atoms with van der Waals surface area (Å²) in [4.78, 5) is 21.9. The van der Waals surface area contributed by atoms with Crippen LogP contribution in [0.25, 0.3) is 0 Å². The zero-order valence-corrected chi connectivity index (χ0v) is 8.96. The van der Waals surface area contributed by atoms with Crippen LogP contribution in [0.4, 0.5) is 0 Å². The van der Waals surface area contributed by atoms with Crippen molar-refractivity contribution in [3.8, 4) is 0 Å². The monoisotopic (exact) mass is 236 g/mol. The van der Waals surface area contributed by atoms with Crippen LogP contribution in [0, 0.1) is 0 Å². The first-order chi connectivity index (χ1) is 7.54. The fourth-order valence-electron chi connectivity index (χ4n) is 0.760.